The minimum Gasteiger partial charge on any atom is -0.479 e. The van der Waals surface area contributed by atoms with Crippen LogP contribution in [0.3, 0.4) is 0 Å². The molecule has 4 heteroatoms. The van der Waals surface area contributed by atoms with Crippen LogP contribution in [0.5, 0.6) is 0 Å². The average molecular weight is 190 g/mol. The first-order valence-electron chi connectivity index (χ1n) is 4.43. The summed E-state index contributed by atoms with van der Waals surface area (Å²) in [6, 6.07) is 0. The Hall–Kier alpha value is -0.610. The van der Waals surface area contributed by atoms with Crippen LogP contribution >= 0.6 is 0 Å². The molecule has 0 aliphatic heterocycles. The SMILES string of the molecule is CC(C)COC(C)OC(C)C(=O)O. The van der Waals surface area contributed by atoms with Crippen molar-refractivity contribution >= 4 is 5.97 Å². The van der Waals surface area contributed by atoms with Crippen LogP contribution in [0.25, 0.3) is 0 Å². The number of aliphatic carboxylic acids is 1. The molecular weight excluding hydrogens is 172 g/mol. The van der Waals surface area contributed by atoms with Gasteiger partial charge in [0.2, 0.25) is 0 Å². The lowest BCUT2D eigenvalue weighted by Gasteiger charge is -2.17. The summed E-state index contributed by atoms with van der Waals surface area (Å²) in [5.74, 6) is -0.550. The topological polar surface area (TPSA) is 55.8 Å². The van der Waals surface area contributed by atoms with Gasteiger partial charge in [-0.15, -0.1) is 0 Å². The molecule has 0 aliphatic rings. The van der Waals surface area contributed by atoms with Gasteiger partial charge in [-0.2, -0.15) is 0 Å². The summed E-state index contributed by atoms with van der Waals surface area (Å²) in [6.45, 7) is 7.80. The molecule has 0 saturated heterocycles. The van der Waals surface area contributed by atoms with Gasteiger partial charge >= 0.3 is 5.97 Å². The Bertz CT molecular complexity index is 156. The molecule has 78 valence electrons. The van der Waals surface area contributed by atoms with Gasteiger partial charge in [-0.1, -0.05) is 13.8 Å². The molecule has 1 N–H and O–H groups in total. The number of hydrogen-bond donors (Lipinski definition) is 1. The molecule has 0 aromatic carbocycles. The number of carbonyl (C=O) groups is 1. The van der Waals surface area contributed by atoms with Crippen LogP contribution in [0.4, 0.5) is 0 Å². The Morgan fingerprint density at radius 3 is 2.23 bits per heavy atom. The standard InChI is InChI=1S/C9H18O4/c1-6(2)5-12-8(4)13-7(3)9(10)11/h6-8H,5H2,1-4H3,(H,10,11). The van der Waals surface area contributed by atoms with E-state index in [-0.39, 0.29) is 0 Å². The van der Waals surface area contributed by atoms with Gasteiger partial charge in [0.05, 0.1) is 6.61 Å². The van der Waals surface area contributed by atoms with E-state index in [1.807, 2.05) is 13.8 Å². The molecular formula is C9H18O4. The lowest BCUT2D eigenvalue weighted by molar-refractivity contribution is -0.183. The van der Waals surface area contributed by atoms with Crippen molar-refractivity contribution < 1.29 is 19.4 Å². The summed E-state index contributed by atoms with van der Waals surface area (Å²) in [5.41, 5.74) is 0. The maximum absolute atomic E-state index is 10.4. The van der Waals surface area contributed by atoms with E-state index in [0.717, 1.165) is 0 Å². The Kier molecular flexibility index (Phi) is 5.66. The van der Waals surface area contributed by atoms with Crippen molar-refractivity contribution in [3.63, 3.8) is 0 Å². The van der Waals surface area contributed by atoms with Gasteiger partial charge < -0.3 is 14.6 Å². The van der Waals surface area contributed by atoms with Gasteiger partial charge in [-0.05, 0) is 19.8 Å². The zero-order valence-corrected chi connectivity index (χ0v) is 8.61. The van der Waals surface area contributed by atoms with Gasteiger partial charge in [-0.25, -0.2) is 4.79 Å². The summed E-state index contributed by atoms with van der Waals surface area (Å²) in [5, 5.41) is 8.53. The minimum absolute atomic E-state index is 0.422. The molecule has 0 spiro atoms. The van der Waals surface area contributed by atoms with E-state index in [9.17, 15) is 4.79 Å². The third kappa shape index (κ3) is 6.54. The number of rotatable bonds is 6. The fourth-order valence-electron chi connectivity index (χ4n) is 0.713. The van der Waals surface area contributed by atoms with Crippen molar-refractivity contribution in [1.29, 1.82) is 0 Å². The third-order valence-corrected chi connectivity index (χ3v) is 1.41. The van der Waals surface area contributed by atoms with Crippen molar-refractivity contribution in [2.24, 2.45) is 5.92 Å². The highest BCUT2D eigenvalue weighted by atomic mass is 16.7. The second kappa shape index (κ2) is 5.94. The van der Waals surface area contributed by atoms with Gasteiger partial charge in [-0.3, -0.25) is 0 Å². The molecule has 0 heterocycles. The van der Waals surface area contributed by atoms with Crippen LogP contribution in [-0.4, -0.2) is 30.1 Å². The zero-order valence-electron chi connectivity index (χ0n) is 8.61. The molecule has 0 bridgehead atoms. The number of hydrogen-bond acceptors (Lipinski definition) is 3. The fraction of sp³-hybridized carbons (Fsp3) is 0.889. The van der Waals surface area contributed by atoms with E-state index in [1.54, 1.807) is 6.92 Å². The quantitative estimate of drug-likeness (QED) is 0.645. The molecule has 0 aromatic heterocycles. The van der Waals surface area contributed by atoms with Crippen LogP contribution in [0.15, 0.2) is 0 Å². The largest absolute Gasteiger partial charge is 0.479 e. The van der Waals surface area contributed by atoms with Gasteiger partial charge in [0, 0.05) is 0 Å². The van der Waals surface area contributed by atoms with Crippen LogP contribution < -0.4 is 0 Å². The van der Waals surface area contributed by atoms with Crippen molar-refractivity contribution in [3.05, 3.63) is 0 Å². The Labute approximate surface area is 78.8 Å². The van der Waals surface area contributed by atoms with Crippen LogP contribution in [0.1, 0.15) is 27.7 Å². The molecule has 13 heavy (non-hydrogen) atoms. The van der Waals surface area contributed by atoms with Crippen molar-refractivity contribution in [1.82, 2.24) is 0 Å². The first-order chi connectivity index (χ1) is 5.93. The number of ether oxygens (including phenoxy) is 2. The van der Waals surface area contributed by atoms with E-state index < -0.39 is 18.4 Å². The second-order valence-corrected chi connectivity index (χ2v) is 3.41. The van der Waals surface area contributed by atoms with E-state index in [2.05, 4.69) is 0 Å². The zero-order chi connectivity index (χ0) is 10.4. The van der Waals surface area contributed by atoms with E-state index >= 15 is 0 Å². The normalized spacial score (nSPS) is 15.8. The summed E-state index contributed by atoms with van der Waals surface area (Å²) in [7, 11) is 0. The van der Waals surface area contributed by atoms with Crippen molar-refractivity contribution in [3.8, 4) is 0 Å². The Morgan fingerprint density at radius 2 is 1.85 bits per heavy atom. The van der Waals surface area contributed by atoms with Gasteiger partial charge in [0.25, 0.3) is 0 Å². The number of carboxylic acids is 1. The lowest BCUT2D eigenvalue weighted by Crippen LogP contribution is -2.27. The molecule has 0 saturated carbocycles. The van der Waals surface area contributed by atoms with Gasteiger partial charge in [0.1, 0.15) is 0 Å². The molecule has 0 aliphatic carbocycles. The fourth-order valence-corrected chi connectivity index (χ4v) is 0.713. The summed E-state index contributed by atoms with van der Waals surface area (Å²) >= 11 is 0. The third-order valence-electron chi connectivity index (χ3n) is 1.41. The highest BCUT2D eigenvalue weighted by Crippen LogP contribution is 2.02. The monoisotopic (exact) mass is 190 g/mol. The minimum atomic E-state index is -0.972. The Balaban J connectivity index is 3.61. The lowest BCUT2D eigenvalue weighted by atomic mass is 10.2. The summed E-state index contributed by atoms with van der Waals surface area (Å²) < 4.78 is 10.3. The van der Waals surface area contributed by atoms with Crippen LogP contribution in [0, 0.1) is 5.92 Å². The number of carboxylic acid groups (broad SMARTS) is 1. The molecule has 0 amide bonds. The summed E-state index contributed by atoms with van der Waals surface area (Å²) in [4.78, 5) is 10.4. The van der Waals surface area contributed by atoms with Crippen LogP contribution in [-0.2, 0) is 14.3 Å². The maximum atomic E-state index is 10.4. The Morgan fingerprint density at radius 1 is 1.31 bits per heavy atom. The molecule has 0 aromatic rings. The van der Waals surface area contributed by atoms with E-state index in [1.165, 1.54) is 6.92 Å². The van der Waals surface area contributed by atoms with E-state index in [4.69, 9.17) is 14.6 Å². The average Bonchev–Trinajstić information content (AvgIpc) is 2.00. The molecule has 4 nitrogen and oxygen atoms in total. The van der Waals surface area contributed by atoms with E-state index in [0.29, 0.717) is 12.5 Å². The molecule has 2 unspecified atom stereocenters. The molecule has 2 atom stereocenters. The highest BCUT2D eigenvalue weighted by Gasteiger charge is 2.15. The maximum Gasteiger partial charge on any atom is 0.332 e. The highest BCUT2D eigenvalue weighted by molar-refractivity contribution is 5.71. The van der Waals surface area contributed by atoms with Gasteiger partial charge in [0.15, 0.2) is 12.4 Å². The first kappa shape index (κ1) is 12.4. The second-order valence-electron chi connectivity index (χ2n) is 3.41. The van der Waals surface area contributed by atoms with Crippen molar-refractivity contribution in [2.75, 3.05) is 6.61 Å². The van der Waals surface area contributed by atoms with Crippen molar-refractivity contribution in [2.45, 2.75) is 40.1 Å². The molecule has 0 fully saturated rings. The predicted molar refractivity (Wildman–Crippen MR) is 48.4 cm³/mol. The van der Waals surface area contributed by atoms with Crippen LogP contribution in [0.2, 0.25) is 0 Å². The summed E-state index contributed by atoms with van der Waals surface area (Å²) in [6.07, 6.45) is -1.28. The predicted octanol–water partition coefficient (Wildman–Crippen LogP) is 1.49. The smallest absolute Gasteiger partial charge is 0.332 e. The molecule has 0 radical (unpaired) electrons. The molecule has 0 rings (SSSR count). The first-order valence-corrected chi connectivity index (χ1v) is 4.43.